The molecule has 0 aliphatic carbocycles. The normalized spacial score (nSPS) is 14.4. The van der Waals surface area contributed by atoms with Gasteiger partial charge in [-0.25, -0.2) is 0 Å². The Morgan fingerprint density at radius 3 is 2.77 bits per heavy atom. The van der Waals surface area contributed by atoms with E-state index in [1.54, 1.807) is 6.92 Å². The number of halogens is 3. The van der Waals surface area contributed by atoms with Crippen LogP contribution < -0.4 is 10.1 Å². The Balaban J connectivity index is 1.80. The molecule has 0 fully saturated rings. The lowest BCUT2D eigenvalue weighted by molar-refractivity contribution is -0.154. The van der Waals surface area contributed by atoms with Gasteiger partial charge in [0.05, 0.1) is 18.3 Å². The molecular weight excluding hydrogens is 419 g/mol. The summed E-state index contributed by atoms with van der Waals surface area (Å²) in [7, 11) is 0. The number of nitrogens with one attached hydrogen (secondary N) is 1. The van der Waals surface area contributed by atoms with E-state index in [0.717, 1.165) is 0 Å². The first-order chi connectivity index (χ1) is 14.6. The summed E-state index contributed by atoms with van der Waals surface area (Å²) in [6, 6.07) is 2.45. The first-order valence-electron chi connectivity index (χ1n) is 9.34. The summed E-state index contributed by atoms with van der Waals surface area (Å²) < 4.78 is 41.7. The van der Waals surface area contributed by atoms with Crippen molar-refractivity contribution in [2.24, 2.45) is 0 Å². The Morgan fingerprint density at radius 1 is 1.39 bits per heavy atom. The molecule has 12 heteroatoms. The number of aliphatic hydroxyl groups is 1. The molecule has 31 heavy (non-hydrogen) atoms. The number of amides is 2. The van der Waals surface area contributed by atoms with Gasteiger partial charge in [-0.15, -0.1) is 10.2 Å². The molecule has 1 aliphatic heterocycles. The van der Waals surface area contributed by atoms with Crippen LogP contribution in [-0.4, -0.2) is 62.9 Å². The van der Waals surface area contributed by atoms with Gasteiger partial charge in [0.25, 0.3) is 11.8 Å². The summed E-state index contributed by atoms with van der Waals surface area (Å²) in [6.07, 6.45) is -3.14. The third-order valence-electron chi connectivity index (χ3n) is 4.71. The van der Waals surface area contributed by atoms with E-state index in [1.807, 2.05) is 0 Å². The Hall–Kier alpha value is -3.28. The fourth-order valence-corrected chi connectivity index (χ4v) is 3.16. The molecule has 9 nitrogen and oxygen atoms in total. The summed E-state index contributed by atoms with van der Waals surface area (Å²) in [6.45, 7) is 1.66. The van der Waals surface area contributed by atoms with Crippen LogP contribution in [0.15, 0.2) is 18.3 Å². The minimum atomic E-state index is -4.50. The third-order valence-corrected chi connectivity index (χ3v) is 4.71. The van der Waals surface area contributed by atoms with Gasteiger partial charge in [0.2, 0.25) is 5.88 Å². The van der Waals surface area contributed by atoms with Gasteiger partial charge in [-0.05, 0) is 26.0 Å². The standard InChI is InChI=1S/C19H20F3N5O4/c1-10-7-14(25-26-17(10)31-9-19(20,21)22)11(2)27-8-13-12(18(27)30)3-4-23-15(13)16(29)24-5-6-28/h3-4,7,11,28H,5-6,8-9H2,1-2H3,(H,24,29). The summed E-state index contributed by atoms with van der Waals surface area (Å²) in [5, 5.41) is 19.0. The number of aliphatic hydroxyl groups excluding tert-OH is 1. The lowest BCUT2D eigenvalue weighted by atomic mass is 10.1. The maximum absolute atomic E-state index is 12.9. The number of carbonyl (C=O) groups excluding carboxylic acids is 2. The molecular formula is C19H20F3N5O4. The van der Waals surface area contributed by atoms with E-state index in [9.17, 15) is 22.8 Å². The second-order valence-electron chi connectivity index (χ2n) is 6.94. The number of aromatic nitrogens is 3. The Labute approximate surface area is 175 Å². The molecule has 0 saturated heterocycles. The van der Waals surface area contributed by atoms with Crippen molar-refractivity contribution in [2.45, 2.75) is 32.6 Å². The number of aryl methyl sites for hydroxylation is 1. The van der Waals surface area contributed by atoms with Gasteiger partial charge in [-0.3, -0.25) is 14.6 Å². The molecule has 0 saturated carbocycles. The van der Waals surface area contributed by atoms with Crippen LogP contribution in [0.25, 0.3) is 0 Å². The zero-order valence-electron chi connectivity index (χ0n) is 16.7. The van der Waals surface area contributed by atoms with Crippen molar-refractivity contribution >= 4 is 11.8 Å². The van der Waals surface area contributed by atoms with Crippen LogP contribution in [0.1, 0.15) is 50.6 Å². The molecule has 3 heterocycles. The van der Waals surface area contributed by atoms with Crippen LogP contribution in [0.4, 0.5) is 13.2 Å². The fraction of sp³-hybridized carbons (Fsp3) is 0.421. The van der Waals surface area contributed by atoms with Crippen LogP contribution in [0.2, 0.25) is 0 Å². The maximum atomic E-state index is 12.9. The first-order valence-corrected chi connectivity index (χ1v) is 9.34. The molecule has 166 valence electrons. The Morgan fingerprint density at radius 2 is 2.13 bits per heavy atom. The highest BCUT2D eigenvalue weighted by molar-refractivity contribution is 6.03. The van der Waals surface area contributed by atoms with E-state index in [1.165, 1.54) is 30.2 Å². The lowest BCUT2D eigenvalue weighted by Crippen LogP contribution is -2.29. The largest absolute Gasteiger partial charge is 0.467 e. The number of ether oxygens (including phenoxy) is 1. The van der Waals surface area contributed by atoms with Gasteiger partial charge in [-0.2, -0.15) is 13.2 Å². The van der Waals surface area contributed by atoms with Crippen molar-refractivity contribution in [3.05, 3.63) is 46.4 Å². The second-order valence-corrected chi connectivity index (χ2v) is 6.94. The third kappa shape index (κ3) is 4.90. The summed E-state index contributed by atoms with van der Waals surface area (Å²) in [4.78, 5) is 30.7. The number of pyridine rings is 1. The molecule has 3 rings (SSSR count). The van der Waals surface area contributed by atoms with Gasteiger partial charge in [-0.1, -0.05) is 0 Å². The topological polar surface area (TPSA) is 118 Å². The molecule has 2 aromatic rings. The molecule has 0 spiro atoms. The minimum Gasteiger partial charge on any atom is -0.467 e. The van der Waals surface area contributed by atoms with E-state index < -0.39 is 24.7 Å². The highest BCUT2D eigenvalue weighted by Gasteiger charge is 2.35. The van der Waals surface area contributed by atoms with Crippen LogP contribution in [0.3, 0.4) is 0 Å². The Kier molecular flexibility index (Phi) is 6.39. The van der Waals surface area contributed by atoms with E-state index >= 15 is 0 Å². The molecule has 0 bridgehead atoms. The highest BCUT2D eigenvalue weighted by atomic mass is 19.4. The summed E-state index contributed by atoms with van der Waals surface area (Å²) in [5.41, 5.74) is 1.57. The summed E-state index contributed by atoms with van der Waals surface area (Å²) in [5.74, 6) is -1.08. The predicted molar refractivity (Wildman–Crippen MR) is 100 cm³/mol. The summed E-state index contributed by atoms with van der Waals surface area (Å²) >= 11 is 0. The monoisotopic (exact) mass is 439 g/mol. The number of hydrogen-bond acceptors (Lipinski definition) is 7. The van der Waals surface area contributed by atoms with Gasteiger partial charge < -0.3 is 20.1 Å². The minimum absolute atomic E-state index is 0.0515. The van der Waals surface area contributed by atoms with Crippen LogP contribution in [0.5, 0.6) is 5.88 Å². The first kappa shape index (κ1) is 22.4. The van der Waals surface area contributed by atoms with Gasteiger partial charge in [0, 0.05) is 36.0 Å². The molecule has 2 N–H and O–H groups in total. The number of carbonyl (C=O) groups is 2. The second kappa shape index (κ2) is 8.84. The van der Waals surface area contributed by atoms with Crippen molar-refractivity contribution in [3.8, 4) is 5.88 Å². The van der Waals surface area contributed by atoms with Crippen molar-refractivity contribution in [1.29, 1.82) is 0 Å². The molecule has 1 aliphatic rings. The molecule has 1 atom stereocenters. The Bertz CT molecular complexity index is 999. The van der Waals surface area contributed by atoms with Crippen LogP contribution in [0, 0.1) is 6.92 Å². The van der Waals surface area contributed by atoms with E-state index in [2.05, 4.69) is 25.2 Å². The predicted octanol–water partition coefficient (Wildman–Crippen LogP) is 1.56. The van der Waals surface area contributed by atoms with Crippen molar-refractivity contribution < 1.29 is 32.6 Å². The van der Waals surface area contributed by atoms with Gasteiger partial charge in [0.1, 0.15) is 5.69 Å². The van der Waals surface area contributed by atoms with Crippen molar-refractivity contribution in [3.63, 3.8) is 0 Å². The van der Waals surface area contributed by atoms with Crippen LogP contribution >= 0.6 is 0 Å². The van der Waals surface area contributed by atoms with Gasteiger partial charge in [0.15, 0.2) is 6.61 Å². The van der Waals surface area contributed by atoms with Crippen molar-refractivity contribution in [1.82, 2.24) is 25.4 Å². The molecule has 2 aromatic heterocycles. The van der Waals surface area contributed by atoms with Gasteiger partial charge >= 0.3 is 6.18 Å². The van der Waals surface area contributed by atoms with E-state index in [0.29, 0.717) is 22.4 Å². The molecule has 2 amide bonds. The number of hydrogen-bond donors (Lipinski definition) is 2. The van der Waals surface area contributed by atoms with Crippen LogP contribution in [-0.2, 0) is 6.54 Å². The zero-order chi connectivity index (χ0) is 22.8. The maximum Gasteiger partial charge on any atom is 0.422 e. The number of fused-ring (bicyclic) bond motifs is 1. The molecule has 0 radical (unpaired) electrons. The average Bonchev–Trinajstić information content (AvgIpc) is 3.06. The number of rotatable bonds is 7. The average molecular weight is 439 g/mol. The van der Waals surface area contributed by atoms with E-state index in [-0.39, 0.29) is 37.2 Å². The van der Waals surface area contributed by atoms with E-state index in [4.69, 9.17) is 5.11 Å². The number of alkyl halides is 3. The molecule has 0 aromatic carbocycles. The lowest BCUT2D eigenvalue weighted by Gasteiger charge is -2.24. The van der Waals surface area contributed by atoms with Crippen molar-refractivity contribution in [2.75, 3.05) is 19.8 Å². The SMILES string of the molecule is Cc1cc(C(C)N2Cc3c(ccnc3C(=O)NCCO)C2=O)nnc1OCC(F)(F)F. The zero-order valence-corrected chi connectivity index (χ0v) is 16.7. The fourth-order valence-electron chi connectivity index (χ4n) is 3.16. The highest BCUT2D eigenvalue weighted by Crippen LogP contribution is 2.32. The number of nitrogens with zero attached hydrogens (tertiary/aromatic N) is 4. The quantitative estimate of drug-likeness (QED) is 0.672. The smallest absolute Gasteiger partial charge is 0.422 e. The molecule has 1 unspecified atom stereocenters.